The van der Waals surface area contributed by atoms with Gasteiger partial charge in [0.05, 0.1) is 6.54 Å². The van der Waals surface area contributed by atoms with Gasteiger partial charge in [-0.1, -0.05) is 30.7 Å². The zero-order valence-corrected chi connectivity index (χ0v) is 15.7. The highest BCUT2D eigenvalue weighted by Crippen LogP contribution is 2.25. The molecule has 0 atom stereocenters. The van der Waals surface area contributed by atoms with Crippen LogP contribution in [0.1, 0.15) is 23.6 Å². The average molecular weight is 362 g/mol. The molecule has 2 aromatic rings. The van der Waals surface area contributed by atoms with Crippen molar-refractivity contribution in [1.29, 1.82) is 0 Å². The Bertz CT molecular complexity index is 690. The summed E-state index contributed by atoms with van der Waals surface area (Å²) in [6.45, 7) is 6.73. The van der Waals surface area contributed by atoms with Crippen molar-refractivity contribution < 1.29 is 14.3 Å². The van der Waals surface area contributed by atoms with E-state index in [9.17, 15) is 4.79 Å². The van der Waals surface area contributed by atoms with Crippen molar-refractivity contribution in [2.24, 2.45) is 0 Å². The molecular weight excluding hydrogens is 338 g/mol. The number of rotatable bonds is 8. The molecule has 0 radical (unpaired) electrons. The Hall–Kier alpha value is -2.20. The molecule has 5 heteroatoms. The van der Waals surface area contributed by atoms with Crippen molar-refractivity contribution in [3.8, 4) is 11.5 Å². The van der Waals surface area contributed by atoms with Crippen LogP contribution in [0.5, 0.6) is 11.5 Å². The van der Waals surface area contributed by atoms with E-state index in [2.05, 4.69) is 12.2 Å². The van der Waals surface area contributed by atoms with Crippen LogP contribution in [-0.2, 0) is 11.2 Å². The van der Waals surface area contributed by atoms with E-state index in [1.54, 1.807) is 0 Å². The van der Waals surface area contributed by atoms with Crippen LogP contribution >= 0.6 is 11.6 Å². The zero-order chi connectivity index (χ0) is 18.2. The van der Waals surface area contributed by atoms with E-state index >= 15 is 0 Å². The molecule has 25 heavy (non-hydrogen) atoms. The fourth-order valence-electron chi connectivity index (χ4n) is 2.37. The minimum absolute atomic E-state index is 0.0360. The van der Waals surface area contributed by atoms with E-state index in [0.717, 1.165) is 28.3 Å². The minimum Gasteiger partial charge on any atom is -0.492 e. The highest BCUT2D eigenvalue weighted by atomic mass is 35.5. The number of ether oxygens (including phenoxy) is 2. The van der Waals surface area contributed by atoms with Gasteiger partial charge in [0.25, 0.3) is 5.91 Å². The summed E-state index contributed by atoms with van der Waals surface area (Å²) in [5.74, 6) is 1.26. The number of carbonyl (C=O) groups excluding carboxylic acids is 1. The van der Waals surface area contributed by atoms with Gasteiger partial charge in [0.15, 0.2) is 6.61 Å². The van der Waals surface area contributed by atoms with Crippen LogP contribution in [0, 0.1) is 13.8 Å². The first-order valence-corrected chi connectivity index (χ1v) is 8.75. The second-order valence-corrected chi connectivity index (χ2v) is 6.23. The van der Waals surface area contributed by atoms with Crippen LogP contribution < -0.4 is 14.8 Å². The van der Waals surface area contributed by atoms with Crippen LogP contribution in [0.4, 0.5) is 0 Å². The largest absolute Gasteiger partial charge is 0.492 e. The normalized spacial score (nSPS) is 10.4. The molecule has 134 valence electrons. The number of carbonyl (C=O) groups is 1. The maximum absolute atomic E-state index is 11.8. The van der Waals surface area contributed by atoms with Gasteiger partial charge in [-0.25, -0.2) is 0 Å². The molecule has 0 fully saturated rings. The summed E-state index contributed by atoms with van der Waals surface area (Å²) in [6.07, 6.45) is 1.00. The fourth-order valence-corrected chi connectivity index (χ4v) is 2.48. The number of amides is 1. The van der Waals surface area contributed by atoms with Crippen LogP contribution in [0.2, 0.25) is 5.02 Å². The lowest BCUT2D eigenvalue weighted by Crippen LogP contribution is -2.32. The maximum Gasteiger partial charge on any atom is 0.258 e. The molecule has 0 aliphatic heterocycles. The van der Waals surface area contributed by atoms with Gasteiger partial charge in [-0.3, -0.25) is 4.79 Å². The second-order valence-electron chi connectivity index (χ2n) is 5.86. The van der Waals surface area contributed by atoms with Gasteiger partial charge in [0, 0.05) is 5.02 Å². The first kappa shape index (κ1) is 19.1. The third-order valence-corrected chi connectivity index (χ3v) is 4.40. The molecule has 0 aliphatic carbocycles. The molecule has 2 rings (SSSR count). The summed E-state index contributed by atoms with van der Waals surface area (Å²) in [6, 6.07) is 11.6. The molecule has 0 bridgehead atoms. The summed E-state index contributed by atoms with van der Waals surface area (Å²) < 4.78 is 11.1. The van der Waals surface area contributed by atoms with Crippen molar-refractivity contribution in [1.82, 2.24) is 5.32 Å². The number of halogens is 1. The van der Waals surface area contributed by atoms with Gasteiger partial charge in [0.2, 0.25) is 0 Å². The Labute approximate surface area is 154 Å². The first-order chi connectivity index (χ1) is 12.0. The Kier molecular flexibility index (Phi) is 7.14. The molecule has 0 saturated carbocycles. The Morgan fingerprint density at radius 3 is 2.28 bits per heavy atom. The summed E-state index contributed by atoms with van der Waals surface area (Å²) >= 11 is 6.12. The average Bonchev–Trinajstić information content (AvgIpc) is 2.62. The van der Waals surface area contributed by atoms with Gasteiger partial charge in [-0.2, -0.15) is 0 Å². The topological polar surface area (TPSA) is 47.6 Å². The summed E-state index contributed by atoms with van der Waals surface area (Å²) in [4.78, 5) is 11.8. The molecule has 0 saturated heterocycles. The number of benzene rings is 2. The molecule has 0 unspecified atom stereocenters. The minimum atomic E-state index is -0.185. The van der Waals surface area contributed by atoms with Crippen LogP contribution in [-0.4, -0.2) is 25.7 Å². The molecule has 0 spiro atoms. The lowest BCUT2D eigenvalue weighted by molar-refractivity contribution is -0.123. The van der Waals surface area contributed by atoms with E-state index in [1.165, 1.54) is 5.56 Å². The van der Waals surface area contributed by atoms with Gasteiger partial charge in [-0.05, 0) is 61.2 Å². The van der Waals surface area contributed by atoms with Gasteiger partial charge in [-0.15, -0.1) is 0 Å². The number of aryl methyl sites for hydroxylation is 3. The van der Waals surface area contributed by atoms with Crippen LogP contribution in [0.25, 0.3) is 0 Å². The lowest BCUT2D eigenvalue weighted by atomic mass is 10.1. The predicted molar refractivity (Wildman–Crippen MR) is 101 cm³/mol. The third kappa shape index (κ3) is 5.98. The number of nitrogens with one attached hydrogen (secondary N) is 1. The SMILES string of the molecule is CCc1ccc(OCCNC(=O)COc2cc(C)c(Cl)c(C)c2)cc1. The lowest BCUT2D eigenvalue weighted by Gasteiger charge is -2.11. The van der Waals surface area contributed by atoms with E-state index in [-0.39, 0.29) is 12.5 Å². The second kappa shape index (κ2) is 9.33. The van der Waals surface area contributed by atoms with Crippen LogP contribution in [0.15, 0.2) is 36.4 Å². The summed E-state index contributed by atoms with van der Waals surface area (Å²) in [5.41, 5.74) is 3.13. The maximum atomic E-state index is 11.8. The van der Waals surface area contributed by atoms with Gasteiger partial charge in [0.1, 0.15) is 18.1 Å². The highest BCUT2D eigenvalue weighted by Gasteiger charge is 2.06. The standard InChI is InChI=1S/C20H24ClNO3/c1-4-16-5-7-17(8-6-16)24-10-9-22-19(23)13-25-18-11-14(2)20(21)15(3)12-18/h5-8,11-12H,4,9-10,13H2,1-3H3,(H,22,23). The summed E-state index contributed by atoms with van der Waals surface area (Å²) in [7, 11) is 0. The smallest absolute Gasteiger partial charge is 0.258 e. The first-order valence-electron chi connectivity index (χ1n) is 8.37. The molecule has 0 aliphatic rings. The Balaban J connectivity index is 1.68. The van der Waals surface area contributed by atoms with Gasteiger partial charge < -0.3 is 14.8 Å². The molecular formula is C20H24ClNO3. The van der Waals surface area contributed by atoms with E-state index < -0.39 is 0 Å². The molecule has 0 heterocycles. The monoisotopic (exact) mass is 361 g/mol. The quantitative estimate of drug-likeness (QED) is 0.720. The van der Waals surface area contributed by atoms with E-state index in [0.29, 0.717) is 18.9 Å². The third-order valence-electron chi connectivity index (χ3n) is 3.80. The molecule has 1 amide bonds. The van der Waals surface area contributed by atoms with Crippen LogP contribution in [0.3, 0.4) is 0 Å². The van der Waals surface area contributed by atoms with Crippen molar-refractivity contribution in [3.63, 3.8) is 0 Å². The van der Waals surface area contributed by atoms with E-state index in [4.69, 9.17) is 21.1 Å². The molecule has 1 N–H and O–H groups in total. The predicted octanol–water partition coefficient (Wildman–Crippen LogP) is 4.09. The fraction of sp³-hybridized carbons (Fsp3) is 0.350. The van der Waals surface area contributed by atoms with Crippen molar-refractivity contribution >= 4 is 17.5 Å². The Morgan fingerprint density at radius 1 is 1.04 bits per heavy atom. The molecule has 0 aromatic heterocycles. The zero-order valence-electron chi connectivity index (χ0n) is 14.9. The van der Waals surface area contributed by atoms with Crippen molar-refractivity contribution in [3.05, 3.63) is 58.1 Å². The van der Waals surface area contributed by atoms with E-state index in [1.807, 2.05) is 50.2 Å². The van der Waals surface area contributed by atoms with Crippen molar-refractivity contribution in [2.45, 2.75) is 27.2 Å². The molecule has 4 nitrogen and oxygen atoms in total. The molecule has 2 aromatic carbocycles. The summed E-state index contributed by atoms with van der Waals surface area (Å²) in [5, 5.41) is 3.49. The number of hydrogen-bond acceptors (Lipinski definition) is 3. The highest BCUT2D eigenvalue weighted by molar-refractivity contribution is 6.32. The van der Waals surface area contributed by atoms with Gasteiger partial charge >= 0.3 is 0 Å². The Morgan fingerprint density at radius 2 is 1.68 bits per heavy atom. The number of hydrogen-bond donors (Lipinski definition) is 1. The van der Waals surface area contributed by atoms with Crippen molar-refractivity contribution in [2.75, 3.05) is 19.8 Å².